The minimum atomic E-state index is -4.00. The second-order valence-electron chi connectivity index (χ2n) is 8.21. The van der Waals surface area contributed by atoms with E-state index in [1.807, 2.05) is 6.92 Å². The standard InChI is InChI=1S/C20H25FN5O4S/c1-3-8-25-17-5-4-15(31(29,30)23-20(13-21)6-7-20)9-16(17)18(27)26(19(25)28)12-14-10-22-24(2)11-14/h4-5,9-11,16,23H,3,6-8,12-13H2,1-2H3/q+1. The maximum atomic E-state index is 13.2. The molecule has 2 heterocycles. The van der Waals surface area contributed by atoms with E-state index >= 15 is 0 Å². The average Bonchev–Trinajstić information content (AvgIpc) is 3.38. The number of urea groups is 1. The Morgan fingerprint density at radius 3 is 2.65 bits per heavy atom. The summed E-state index contributed by atoms with van der Waals surface area (Å²) < 4.78 is 44.3. The van der Waals surface area contributed by atoms with Gasteiger partial charge in [0, 0.05) is 18.8 Å². The van der Waals surface area contributed by atoms with E-state index in [4.69, 9.17) is 0 Å². The second-order valence-corrected chi connectivity index (χ2v) is 9.89. The van der Waals surface area contributed by atoms with E-state index in [1.165, 1.54) is 22.8 Å². The van der Waals surface area contributed by atoms with Crippen LogP contribution in [0.15, 0.2) is 35.5 Å². The van der Waals surface area contributed by atoms with Gasteiger partial charge in [0.25, 0.3) is 0 Å². The molecular weight excluding hydrogens is 425 g/mol. The van der Waals surface area contributed by atoms with Crippen LogP contribution in [0, 0.1) is 5.92 Å². The van der Waals surface area contributed by atoms with Crippen molar-refractivity contribution >= 4 is 27.7 Å². The van der Waals surface area contributed by atoms with E-state index in [9.17, 15) is 22.4 Å². The van der Waals surface area contributed by atoms with Gasteiger partial charge < -0.3 is 0 Å². The van der Waals surface area contributed by atoms with Crippen LogP contribution in [-0.2, 0) is 28.4 Å². The summed E-state index contributed by atoms with van der Waals surface area (Å²) in [5.74, 6) is -1.42. The third-order valence-corrected chi connectivity index (χ3v) is 7.28. The van der Waals surface area contributed by atoms with Gasteiger partial charge in [0.15, 0.2) is 0 Å². The molecule has 0 radical (unpaired) electrons. The first-order valence-electron chi connectivity index (χ1n) is 10.2. The number of hydrogen-bond acceptors (Lipinski definition) is 5. The molecule has 0 spiro atoms. The number of nitrogens with one attached hydrogen (secondary N) is 1. The number of halogens is 1. The van der Waals surface area contributed by atoms with Crippen molar-refractivity contribution in [2.75, 3.05) is 13.2 Å². The van der Waals surface area contributed by atoms with Gasteiger partial charge in [-0.1, -0.05) is 6.92 Å². The molecule has 3 amide bonds. The van der Waals surface area contributed by atoms with Gasteiger partial charge in [0.1, 0.15) is 24.8 Å². The number of fused-ring (bicyclic) bond motifs is 1. The highest BCUT2D eigenvalue weighted by Gasteiger charge is 2.50. The van der Waals surface area contributed by atoms with Gasteiger partial charge in [-0.3, -0.25) is 4.68 Å². The number of amides is 3. The largest absolute Gasteiger partial charge is 0.501 e. The molecule has 31 heavy (non-hydrogen) atoms. The molecule has 1 N–H and O–H groups in total. The van der Waals surface area contributed by atoms with Crippen molar-refractivity contribution in [3.05, 3.63) is 41.1 Å². The minimum absolute atomic E-state index is 0.0400. The number of imide groups is 1. The minimum Gasteiger partial charge on any atom is -0.275 e. The number of aromatic nitrogens is 2. The fraction of sp³-hybridized carbons (Fsp3) is 0.500. The van der Waals surface area contributed by atoms with Crippen LogP contribution in [0.4, 0.5) is 9.18 Å². The van der Waals surface area contributed by atoms with Crippen molar-refractivity contribution in [1.82, 2.24) is 19.4 Å². The predicted octanol–water partition coefficient (Wildman–Crippen LogP) is 1.24. The van der Waals surface area contributed by atoms with Crippen LogP contribution in [0.5, 0.6) is 0 Å². The Bertz CT molecular complexity index is 1130. The first-order valence-corrected chi connectivity index (χ1v) is 11.6. The van der Waals surface area contributed by atoms with E-state index in [2.05, 4.69) is 9.82 Å². The lowest BCUT2D eigenvalue weighted by Gasteiger charge is -2.27. The van der Waals surface area contributed by atoms with Crippen molar-refractivity contribution in [3.63, 3.8) is 0 Å². The highest BCUT2D eigenvalue weighted by atomic mass is 32.2. The zero-order chi connectivity index (χ0) is 22.4. The molecule has 2 aliphatic carbocycles. The Morgan fingerprint density at radius 1 is 1.32 bits per heavy atom. The molecule has 1 aromatic rings. The summed E-state index contributed by atoms with van der Waals surface area (Å²) in [5, 5.41) is 4.07. The highest BCUT2D eigenvalue weighted by Crippen LogP contribution is 2.37. The monoisotopic (exact) mass is 450 g/mol. The lowest BCUT2D eigenvalue weighted by Crippen LogP contribution is -2.54. The van der Waals surface area contributed by atoms with Gasteiger partial charge in [0.2, 0.25) is 10.0 Å². The van der Waals surface area contributed by atoms with Gasteiger partial charge in [-0.15, -0.1) is 0 Å². The van der Waals surface area contributed by atoms with Gasteiger partial charge in [-0.25, -0.2) is 22.3 Å². The third-order valence-electron chi connectivity index (χ3n) is 5.69. The normalized spacial score (nSPS) is 22.6. The Balaban J connectivity index is 1.69. The molecule has 1 aliphatic heterocycles. The summed E-state index contributed by atoms with van der Waals surface area (Å²) in [6.07, 6.45) is 9.05. The second kappa shape index (κ2) is 7.79. The fourth-order valence-corrected chi connectivity index (χ4v) is 5.33. The number of hydrogen-bond donors (Lipinski definition) is 1. The topological polar surface area (TPSA) is 104 Å². The maximum Gasteiger partial charge on any atom is 0.501 e. The molecule has 1 aromatic heterocycles. The summed E-state index contributed by atoms with van der Waals surface area (Å²) in [6.45, 7) is 1.57. The van der Waals surface area contributed by atoms with Crippen LogP contribution in [-0.4, -0.2) is 64.1 Å². The average molecular weight is 451 g/mol. The summed E-state index contributed by atoms with van der Waals surface area (Å²) in [4.78, 5) is 27.3. The SMILES string of the molecule is CCC[N+]1=C2C=CC(S(=O)(=O)NC3(CF)CC3)=CC2C(=O)N(Cc2cnn(C)c2)C1=O. The molecule has 9 nitrogen and oxygen atoms in total. The van der Waals surface area contributed by atoms with E-state index in [0.717, 1.165) is 4.90 Å². The van der Waals surface area contributed by atoms with Crippen LogP contribution in [0.2, 0.25) is 0 Å². The van der Waals surface area contributed by atoms with Gasteiger partial charge in [0.05, 0.1) is 23.2 Å². The molecule has 11 heteroatoms. The number of carbonyl (C=O) groups is 2. The van der Waals surface area contributed by atoms with E-state index in [-0.39, 0.29) is 11.4 Å². The number of carbonyl (C=O) groups excluding carboxylic acids is 2. The fourth-order valence-electron chi connectivity index (χ4n) is 3.82. The molecule has 0 aromatic carbocycles. The Hall–Kier alpha value is -2.66. The smallest absolute Gasteiger partial charge is 0.275 e. The molecule has 166 valence electrons. The van der Waals surface area contributed by atoms with Crippen LogP contribution >= 0.6 is 0 Å². The van der Waals surface area contributed by atoms with Crippen LogP contribution in [0.1, 0.15) is 31.7 Å². The van der Waals surface area contributed by atoms with Crippen molar-refractivity contribution < 1.29 is 27.0 Å². The van der Waals surface area contributed by atoms with Crippen molar-refractivity contribution in [2.45, 2.75) is 38.3 Å². The van der Waals surface area contributed by atoms with Gasteiger partial charge in [-0.05, 0) is 37.5 Å². The Morgan fingerprint density at radius 2 is 2.06 bits per heavy atom. The molecule has 1 fully saturated rings. The molecule has 3 aliphatic rings. The predicted molar refractivity (Wildman–Crippen MR) is 110 cm³/mol. The van der Waals surface area contributed by atoms with Crippen molar-refractivity contribution in [1.29, 1.82) is 0 Å². The molecular formula is C20H25FN5O4S+. The van der Waals surface area contributed by atoms with Crippen LogP contribution in [0.25, 0.3) is 0 Å². The molecule has 1 saturated carbocycles. The van der Waals surface area contributed by atoms with E-state index in [0.29, 0.717) is 37.1 Å². The first kappa shape index (κ1) is 21.6. The zero-order valence-corrected chi connectivity index (χ0v) is 18.2. The Kier molecular flexibility index (Phi) is 5.42. The summed E-state index contributed by atoms with van der Waals surface area (Å²) in [7, 11) is -2.26. The lowest BCUT2D eigenvalue weighted by molar-refractivity contribution is -0.440. The van der Waals surface area contributed by atoms with Crippen molar-refractivity contribution in [3.8, 4) is 0 Å². The molecule has 1 atom stereocenters. The number of allylic oxidation sites excluding steroid dienone is 2. The quantitative estimate of drug-likeness (QED) is 0.600. The van der Waals surface area contributed by atoms with Crippen LogP contribution < -0.4 is 4.72 Å². The summed E-state index contributed by atoms with van der Waals surface area (Å²) in [5.41, 5.74) is 0.0994. The van der Waals surface area contributed by atoms with Crippen LogP contribution in [0.3, 0.4) is 0 Å². The number of nitrogens with zero attached hydrogens (tertiary/aromatic N) is 4. The molecule has 4 rings (SSSR count). The van der Waals surface area contributed by atoms with E-state index < -0.39 is 40.1 Å². The van der Waals surface area contributed by atoms with Gasteiger partial charge >= 0.3 is 11.9 Å². The molecule has 0 saturated heterocycles. The zero-order valence-electron chi connectivity index (χ0n) is 17.4. The maximum absolute atomic E-state index is 13.2. The van der Waals surface area contributed by atoms with Gasteiger partial charge in [-0.2, -0.15) is 19.4 Å². The highest BCUT2D eigenvalue weighted by molar-refractivity contribution is 7.93. The van der Waals surface area contributed by atoms with Crippen molar-refractivity contribution in [2.24, 2.45) is 13.0 Å². The van der Waals surface area contributed by atoms with E-state index in [1.54, 1.807) is 24.1 Å². The number of sulfonamides is 1. The summed E-state index contributed by atoms with van der Waals surface area (Å²) in [6, 6.07) is -0.446. The summed E-state index contributed by atoms with van der Waals surface area (Å²) >= 11 is 0. The number of alkyl halides is 1. The number of rotatable bonds is 8. The first-order chi connectivity index (χ1) is 14.7. The number of aryl methyl sites for hydroxylation is 1. The molecule has 0 bridgehead atoms. The lowest BCUT2D eigenvalue weighted by atomic mass is 9.94. The Labute approximate surface area is 180 Å². The third kappa shape index (κ3) is 3.99. The molecule has 1 unspecified atom stereocenters.